The van der Waals surface area contributed by atoms with Crippen molar-refractivity contribution in [3.05, 3.63) is 0 Å². The van der Waals surface area contributed by atoms with Gasteiger partial charge in [0.2, 0.25) is 0 Å². The molecule has 0 atom stereocenters. The second-order valence-electron chi connectivity index (χ2n) is 2.02. The Labute approximate surface area is 65.6 Å². The summed E-state index contributed by atoms with van der Waals surface area (Å²) in [6.07, 6.45) is 0. The Kier molecular flexibility index (Phi) is 5.32. The molecule has 0 aromatic heterocycles. The Morgan fingerprint density at radius 2 is 2.36 bits per heavy atom. The maximum atomic E-state index is 10.7. The van der Waals surface area contributed by atoms with E-state index in [0.29, 0.717) is 12.3 Å². The largest absolute Gasteiger partial charge is 0.375 e. The van der Waals surface area contributed by atoms with Gasteiger partial charge >= 0.3 is 0 Å². The molecule has 1 amide bonds. The number of hydrogen-bond donors (Lipinski definition) is 2. The first-order valence-electron chi connectivity index (χ1n) is 3.21. The second-order valence-corrected chi connectivity index (χ2v) is 2.02. The van der Waals surface area contributed by atoms with Gasteiger partial charge < -0.3 is 10.5 Å². The third-order valence-electron chi connectivity index (χ3n) is 0.942. The van der Waals surface area contributed by atoms with Crippen molar-refractivity contribution in [2.45, 2.75) is 6.92 Å². The number of ether oxygens (including phenoxy) is 1. The molecule has 0 aliphatic carbocycles. The number of nitrogens with one attached hydrogen (secondary N) is 1. The highest BCUT2D eigenvalue weighted by Gasteiger charge is 1.95. The van der Waals surface area contributed by atoms with Gasteiger partial charge in [-0.1, -0.05) is 0 Å². The summed E-state index contributed by atoms with van der Waals surface area (Å²) in [6, 6.07) is 0. The van der Waals surface area contributed by atoms with Crippen LogP contribution in [0.1, 0.15) is 6.92 Å². The average molecular weight is 159 g/mol. The van der Waals surface area contributed by atoms with Gasteiger partial charge in [0, 0.05) is 19.4 Å². The van der Waals surface area contributed by atoms with Gasteiger partial charge in [0.15, 0.2) is 0 Å². The Balaban J connectivity index is 3.60. The Morgan fingerprint density at radius 1 is 1.73 bits per heavy atom. The summed E-state index contributed by atoms with van der Waals surface area (Å²) >= 11 is 0. The molecule has 0 bridgehead atoms. The van der Waals surface area contributed by atoms with E-state index in [1.54, 1.807) is 6.92 Å². The molecule has 0 saturated heterocycles. The van der Waals surface area contributed by atoms with Gasteiger partial charge in [-0.25, -0.2) is 5.43 Å². The molecule has 0 rings (SSSR count). The summed E-state index contributed by atoms with van der Waals surface area (Å²) < 4.78 is 4.56. The first kappa shape index (κ1) is 10.1. The van der Waals surface area contributed by atoms with Crippen LogP contribution >= 0.6 is 0 Å². The molecular weight excluding hydrogens is 146 g/mol. The maximum Gasteiger partial charge on any atom is 0.266 e. The van der Waals surface area contributed by atoms with E-state index in [9.17, 15) is 4.79 Å². The van der Waals surface area contributed by atoms with Crippen LogP contribution in [-0.2, 0) is 9.53 Å². The van der Waals surface area contributed by atoms with Gasteiger partial charge in [-0.2, -0.15) is 5.10 Å². The summed E-state index contributed by atoms with van der Waals surface area (Å²) in [6.45, 7) is 2.09. The maximum absolute atomic E-state index is 10.7. The van der Waals surface area contributed by atoms with Crippen LogP contribution in [0.25, 0.3) is 0 Å². The third kappa shape index (κ3) is 5.50. The average Bonchev–Trinajstić information content (AvgIpc) is 2.01. The van der Waals surface area contributed by atoms with E-state index < -0.39 is 0 Å². The lowest BCUT2D eigenvalue weighted by molar-refractivity contribution is -0.124. The first-order chi connectivity index (χ1) is 5.20. The van der Waals surface area contributed by atoms with Gasteiger partial charge in [-0.05, 0) is 6.92 Å². The molecule has 0 aliphatic rings. The molecule has 0 heterocycles. The highest BCUT2D eigenvalue weighted by molar-refractivity contribution is 5.85. The minimum Gasteiger partial charge on any atom is -0.375 e. The summed E-state index contributed by atoms with van der Waals surface area (Å²) in [5.74, 6) is -0.278. The van der Waals surface area contributed by atoms with Crippen LogP contribution in [-0.4, -0.2) is 31.9 Å². The van der Waals surface area contributed by atoms with Crippen LogP contribution in [0.4, 0.5) is 0 Å². The van der Waals surface area contributed by atoms with E-state index in [2.05, 4.69) is 15.3 Å². The van der Waals surface area contributed by atoms with Crippen LogP contribution < -0.4 is 11.2 Å². The molecule has 11 heavy (non-hydrogen) atoms. The molecule has 5 heteroatoms. The van der Waals surface area contributed by atoms with Crippen molar-refractivity contribution in [2.24, 2.45) is 10.8 Å². The number of nitrogens with zero attached hydrogens (tertiary/aromatic N) is 1. The van der Waals surface area contributed by atoms with Crippen molar-refractivity contribution in [3.63, 3.8) is 0 Å². The number of hydrazone groups is 1. The zero-order chi connectivity index (χ0) is 8.69. The fraction of sp³-hybridized carbons (Fsp3) is 0.667. The monoisotopic (exact) mass is 159 g/mol. The van der Waals surface area contributed by atoms with Crippen molar-refractivity contribution in [3.8, 4) is 0 Å². The summed E-state index contributed by atoms with van der Waals surface area (Å²) in [4.78, 5) is 10.7. The third-order valence-corrected chi connectivity index (χ3v) is 0.942. The van der Waals surface area contributed by atoms with E-state index >= 15 is 0 Å². The molecule has 0 spiro atoms. The lowest BCUT2D eigenvalue weighted by atomic mass is 10.4. The van der Waals surface area contributed by atoms with Crippen LogP contribution in [0, 0.1) is 0 Å². The summed E-state index contributed by atoms with van der Waals surface area (Å²) in [5.41, 5.74) is 8.17. The molecule has 0 aromatic carbocycles. The Bertz CT molecular complexity index is 156. The smallest absolute Gasteiger partial charge is 0.266 e. The van der Waals surface area contributed by atoms with E-state index in [1.165, 1.54) is 7.11 Å². The van der Waals surface area contributed by atoms with Gasteiger partial charge in [0.25, 0.3) is 5.91 Å². The zero-order valence-corrected chi connectivity index (χ0v) is 6.76. The molecule has 3 N–H and O–H groups in total. The molecule has 0 aliphatic heterocycles. The molecule has 64 valence electrons. The van der Waals surface area contributed by atoms with Crippen LogP contribution in [0.5, 0.6) is 0 Å². The number of carbonyl (C=O) groups is 1. The number of nitrogens with two attached hydrogens (primary N) is 1. The lowest BCUT2D eigenvalue weighted by Crippen LogP contribution is -2.24. The van der Waals surface area contributed by atoms with Gasteiger partial charge in [0.05, 0.1) is 0 Å². The highest BCUT2D eigenvalue weighted by Crippen LogP contribution is 1.72. The van der Waals surface area contributed by atoms with Crippen molar-refractivity contribution in [1.82, 2.24) is 5.43 Å². The van der Waals surface area contributed by atoms with Gasteiger partial charge in [-0.3, -0.25) is 4.79 Å². The van der Waals surface area contributed by atoms with Crippen molar-refractivity contribution in [2.75, 3.05) is 20.3 Å². The summed E-state index contributed by atoms with van der Waals surface area (Å²) in [5, 5.41) is 3.67. The van der Waals surface area contributed by atoms with E-state index in [1.807, 2.05) is 0 Å². The van der Waals surface area contributed by atoms with Crippen molar-refractivity contribution < 1.29 is 9.53 Å². The predicted octanol–water partition coefficient (Wildman–Crippen LogP) is -0.916. The lowest BCUT2D eigenvalue weighted by Gasteiger charge is -1.98. The number of amides is 1. The molecule has 0 radical (unpaired) electrons. The predicted molar refractivity (Wildman–Crippen MR) is 42.2 cm³/mol. The molecule has 0 unspecified atom stereocenters. The van der Waals surface area contributed by atoms with E-state index in [-0.39, 0.29) is 12.5 Å². The molecule has 0 aromatic rings. The minimum absolute atomic E-state index is 0.0152. The number of rotatable bonds is 4. The summed E-state index contributed by atoms with van der Waals surface area (Å²) in [7, 11) is 1.44. The molecule has 0 fully saturated rings. The quantitative estimate of drug-likeness (QED) is 0.411. The Morgan fingerprint density at radius 3 is 2.82 bits per heavy atom. The zero-order valence-electron chi connectivity index (χ0n) is 6.76. The minimum atomic E-state index is -0.278. The Hall–Kier alpha value is -0.940. The van der Waals surface area contributed by atoms with Crippen molar-refractivity contribution in [1.29, 1.82) is 0 Å². The topological polar surface area (TPSA) is 76.7 Å². The highest BCUT2D eigenvalue weighted by atomic mass is 16.5. The van der Waals surface area contributed by atoms with E-state index in [0.717, 1.165) is 0 Å². The second kappa shape index (κ2) is 5.82. The van der Waals surface area contributed by atoms with Crippen LogP contribution in [0.3, 0.4) is 0 Å². The number of hydrogen-bond acceptors (Lipinski definition) is 4. The molecule has 5 nitrogen and oxygen atoms in total. The fourth-order valence-electron chi connectivity index (χ4n) is 0.367. The van der Waals surface area contributed by atoms with Crippen LogP contribution in [0.2, 0.25) is 0 Å². The normalized spacial score (nSPS) is 11.4. The number of carbonyl (C=O) groups excluding carboxylic acids is 1. The molecule has 0 saturated carbocycles. The standard InChI is InChI=1S/C6H13N3O2/c1-5(3-7)8-9-6(10)4-11-2/h3-4,7H2,1-2H3,(H,9,10)/b8-5+. The van der Waals surface area contributed by atoms with Gasteiger partial charge in [-0.15, -0.1) is 0 Å². The van der Waals surface area contributed by atoms with Crippen LogP contribution in [0.15, 0.2) is 5.10 Å². The molecular formula is C6H13N3O2. The van der Waals surface area contributed by atoms with Crippen molar-refractivity contribution >= 4 is 11.6 Å². The fourth-order valence-corrected chi connectivity index (χ4v) is 0.367. The van der Waals surface area contributed by atoms with Gasteiger partial charge in [0.1, 0.15) is 6.61 Å². The first-order valence-corrected chi connectivity index (χ1v) is 3.21. The SMILES string of the molecule is COCC(=O)N/N=C(\C)CN. The number of methoxy groups -OCH3 is 1. The van der Waals surface area contributed by atoms with E-state index in [4.69, 9.17) is 5.73 Å².